The van der Waals surface area contributed by atoms with Gasteiger partial charge in [-0.25, -0.2) is 0 Å². The highest BCUT2D eigenvalue weighted by molar-refractivity contribution is 5.63. The molecule has 0 aromatic carbocycles. The van der Waals surface area contributed by atoms with Crippen LogP contribution in [0.2, 0.25) is 0 Å². The Balaban J connectivity index is 2.12. The fraction of sp³-hybridized carbons (Fsp3) is 0.0769. The van der Waals surface area contributed by atoms with Gasteiger partial charge in [0.25, 0.3) is 0 Å². The molecule has 5 heteroatoms. The van der Waals surface area contributed by atoms with Crippen LogP contribution in [0.5, 0.6) is 5.75 Å². The predicted molar refractivity (Wildman–Crippen MR) is 69.2 cm³/mol. The maximum absolute atomic E-state index is 5.70. The maximum Gasteiger partial charge on any atom is 0.147 e. The smallest absolute Gasteiger partial charge is 0.147 e. The van der Waals surface area contributed by atoms with Gasteiger partial charge < -0.3 is 10.2 Å². The highest BCUT2D eigenvalue weighted by atomic mass is 16.5. The average Bonchev–Trinajstić information content (AvgIpc) is 2.45. The molecule has 92 valence electrons. The van der Waals surface area contributed by atoms with Crippen molar-refractivity contribution in [1.29, 1.82) is 0 Å². The summed E-state index contributed by atoms with van der Waals surface area (Å²) in [5, 5.41) is 0. The Bertz CT molecular complexity index is 528. The lowest BCUT2D eigenvalue weighted by Crippen LogP contribution is -2.20. The number of hydrogen-bond donors (Lipinski definition) is 2. The number of aromatic nitrogens is 2. The standard InChI is InChI=1S/C13H14N4O/c1-10(17-14)13-12(3-2-6-16-13)18-9-11-4-7-15-8-5-11/h2-8,17H,1,9,14H2. The van der Waals surface area contributed by atoms with Crippen molar-refractivity contribution in [1.82, 2.24) is 15.4 Å². The molecule has 0 aliphatic carbocycles. The van der Waals surface area contributed by atoms with Crippen molar-refractivity contribution in [2.45, 2.75) is 6.61 Å². The van der Waals surface area contributed by atoms with E-state index < -0.39 is 0 Å². The van der Waals surface area contributed by atoms with Crippen LogP contribution in [-0.4, -0.2) is 9.97 Å². The van der Waals surface area contributed by atoms with Crippen LogP contribution in [0.15, 0.2) is 49.4 Å². The topological polar surface area (TPSA) is 73.1 Å². The monoisotopic (exact) mass is 242 g/mol. The van der Waals surface area contributed by atoms with Crippen LogP contribution in [0.25, 0.3) is 5.70 Å². The first-order valence-corrected chi connectivity index (χ1v) is 5.44. The number of nitrogens with two attached hydrogens (primary N) is 1. The van der Waals surface area contributed by atoms with Crippen LogP contribution in [0.1, 0.15) is 11.3 Å². The largest absolute Gasteiger partial charge is 0.487 e. The average molecular weight is 242 g/mol. The highest BCUT2D eigenvalue weighted by Crippen LogP contribution is 2.21. The van der Waals surface area contributed by atoms with E-state index in [1.807, 2.05) is 18.2 Å². The highest BCUT2D eigenvalue weighted by Gasteiger charge is 2.07. The number of hydrogen-bond acceptors (Lipinski definition) is 5. The van der Waals surface area contributed by atoms with E-state index in [-0.39, 0.29) is 0 Å². The molecule has 0 saturated carbocycles. The van der Waals surface area contributed by atoms with Gasteiger partial charge in [-0.05, 0) is 29.8 Å². The summed E-state index contributed by atoms with van der Waals surface area (Å²) in [6, 6.07) is 7.42. The van der Waals surface area contributed by atoms with Gasteiger partial charge in [-0.2, -0.15) is 0 Å². The van der Waals surface area contributed by atoms with E-state index in [1.165, 1.54) is 0 Å². The Morgan fingerprint density at radius 2 is 2.06 bits per heavy atom. The second-order valence-corrected chi connectivity index (χ2v) is 3.62. The predicted octanol–water partition coefficient (Wildman–Crippen LogP) is 1.49. The molecule has 2 aromatic heterocycles. The van der Waals surface area contributed by atoms with Gasteiger partial charge in [-0.1, -0.05) is 6.58 Å². The number of hydrazine groups is 1. The van der Waals surface area contributed by atoms with Crippen LogP contribution in [0.4, 0.5) is 0 Å². The summed E-state index contributed by atoms with van der Waals surface area (Å²) in [6.07, 6.45) is 5.11. The number of pyridine rings is 2. The molecule has 0 spiro atoms. The van der Waals surface area contributed by atoms with E-state index in [9.17, 15) is 0 Å². The molecule has 0 aliphatic rings. The van der Waals surface area contributed by atoms with Crippen molar-refractivity contribution >= 4 is 5.70 Å². The molecule has 0 amide bonds. The Morgan fingerprint density at radius 3 is 2.78 bits per heavy atom. The van der Waals surface area contributed by atoms with Gasteiger partial charge in [-0.15, -0.1) is 0 Å². The lowest BCUT2D eigenvalue weighted by atomic mass is 10.2. The van der Waals surface area contributed by atoms with Gasteiger partial charge in [0.05, 0.1) is 5.70 Å². The number of rotatable bonds is 5. The van der Waals surface area contributed by atoms with Gasteiger partial charge >= 0.3 is 0 Å². The minimum absolute atomic E-state index is 0.444. The van der Waals surface area contributed by atoms with Crippen molar-refractivity contribution in [3.63, 3.8) is 0 Å². The summed E-state index contributed by atoms with van der Waals surface area (Å²) in [5.41, 5.74) is 4.63. The second-order valence-electron chi connectivity index (χ2n) is 3.62. The third-order valence-electron chi connectivity index (χ3n) is 2.37. The Kier molecular flexibility index (Phi) is 3.88. The van der Waals surface area contributed by atoms with Crippen LogP contribution in [0, 0.1) is 0 Å². The number of nitrogens with zero attached hydrogens (tertiary/aromatic N) is 2. The minimum atomic E-state index is 0.444. The first kappa shape index (κ1) is 12.1. The first-order chi connectivity index (χ1) is 8.81. The van der Waals surface area contributed by atoms with Crippen molar-refractivity contribution in [2.75, 3.05) is 0 Å². The summed E-state index contributed by atoms with van der Waals surface area (Å²) in [4.78, 5) is 8.13. The summed E-state index contributed by atoms with van der Waals surface area (Å²) in [6.45, 7) is 4.21. The number of ether oxygens (including phenoxy) is 1. The fourth-order valence-corrected chi connectivity index (χ4v) is 1.44. The Hall–Kier alpha value is -2.40. The molecule has 0 bridgehead atoms. The second kappa shape index (κ2) is 5.79. The van der Waals surface area contributed by atoms with Gasteiger partial charge in [0.1, 0.15) is 18.1 Å². The fourth-order valence-electron chi connectivity index (χ4n) is 1.44. The zero-order chi connectivity index (χ0) is 12.8. The summed E-state index contributed by atoms with van der Waals surface area (Å²) < 4.78 is 5.70. The lowest BCUT2D eigenvalue weighted by molar-refractivity contribution is 0.303. The van der Waals surface area contributed by atoms with Crippen molar-refractivity contribution in [3.05, 3.63) is 60.7 Å². The van der Waals surface area contributed by atoms with Crippen LogP contribution in [-0.2, 0) is 6.61 Å². The van der Waals surface area contributed by atoms with E-state index in [2.05, 4.69) is 22.0 Å². The maximum atomic E-state index is 5.70. The molecule has 5 nitrogen and oxygen atoms in total. The van der Waals surface area contributed by atoms with E-state index in [0.29, 0.717) is 23.7 Å². The molecule has 2 heterocycles. The van der Waals surface area contributed by atoms with Crippen LogP contribution < -0.4 is 16.0 Å². The van der Waals surface area contributed by atoms with E-state index >= 15 is 0 Å². The SMILES string of the molecule is C=C(NN)c1ncccc1OCc1ccncc1. The molecule has 3 N–H and O–H groups in total. The van der Waals surface area contributed by atoms with Gasteiger partial charge in [-0.3, -0.25) is 15.8 Å². The molecular formula is C13H14N4O. The first-order valence-electron chi connectivity index (χ1n) is 5.44. The summed E-state index contributed by atoms with van der Waals surface area (Å²) >= 11 is 0. The third-order valence-corrected chi connectivity index (χ3v) is 2.37. The van der Waals surface area contributed by atoms with Crippen LogP contribution in [0.3, 0.4) is 0 Å². The minimum Gasteiger partial charge on any atom is -0.487 e. The van der Waals surface area contributed by atoms with E-state index in [1.54, 1.807) is 24.7 Å². The molecule has 0 saturated heterocycles. The van der Waals surface area contributed by atoms with Crippen LogP contribution >= 0.6 is 0 Å². The van der Waals surface area contributed by atoms with Gasteiger partial charge in [0, 0.05) is 18.6 Å². The van der Waals surface area contributed by atoms with Gasteiger partial charge in [0.15, 0.2) is 0 Å². The van der Waals surface area contributed by atoms with E-state index in [4.69, 9.17) is 10.6 Å². The molecule has 18 heavy (non-hydrogen) atoms. The zero-order valence-electron chi connectivity index (χ0n) is 9.84. The molecule has 0 aliphatic heterocycles. The Labute approximate surface area is 105 Å². The quantitative estimate of drug-likeness (QED) is 0.614. The molecule has 2 rings (SSSR count). The van der Waals surface area contributed by atoms with Crippen molar-refractivity contribution < 1.29 is 4.74 Å². The molecule has 0 radical (unpaired) electrons. The van der Waals surface area contributed by atoms with E-state index in [0.717, 1.165) is 5.56 Å². The molecule has 0 fully saturated rings. The molecule has 2 aromatic rings. The number of nitrogens with one attached hydrogen (secondary N) is 1. The summed E-state index contributed by atoms with van der Waals surface area (Å²) in [7, 11) is 0. The molecule has 0 unspecified atom stereocenters. The normalized spacial score (nSPS) is 9.83. The van der Waals surface area contributed by atoms with Crippen molar-refractivity contribution in [3.8, 4) is 5.75 Å². The van der Waals surface area contributed by atoms with Gasteiger partial charge in [0.2, 0.25) is 0 Å². The Morgan fingerprint density at radius 1 is 1.28 bits per heavy atom. The third kappa shape index (κ3) is 2.83. The van der Waals surface area contributed by atoms with Crippen molar-refractivity contribution in [2.24, 2.45) is 5.84 Å². The molecular weight excluding hydrogens is 228 g/mol. The zero-order valence-corrected chi connectivity index (χ0v) is 9.84. The summed E-state index contributed by atoms with van der Waals surface area (Å²) in [5.74, 6) is 5.96. The lowest BCUT2D eigenvalue weighted by Gasteiger charge is -2.11. The molecule has 0 atom stereocenters.